The van der Waals surface area contributed by atoms with Gasteiger partial charge in [-0.05, 0) is 48.2 Å². The Balaban J connectivity index is 2.19. The minimum absolute atomic E-state index is 0.0860. The predicted molar refractivity (Wildman–Crippen MR) is 109 cm³/mol. The largest absolute Gasteiger partial charge is 0.354 e. The lowest BCUT2D eigenvalue weighted by Gasteiger charge is -2.29. The number of carbonyl (C=O) groups is 2. The summed E-state index contributed by atoms with van der Waals surface area (Å²) in [6.07, 6.45) is 0.0860. The molecule has 2 rings (SSSR count). The summed E-state index contributed by atoms with van der Waals surface area (Å²) in [7, 11) is 0. The Hall–Kier alpha value is -2.40. The van der Waals surface area contributed by atoms with Gasteiger partial charge >= 0.3 is 0 Å². The molecule has 0 heterocycles. The fourth-order valence-corrected chi connectivity index (χ4v) is 2.96. The van der Waals surface area contributed by atoms with Gasteiger partial charge in [-0.1, -0.05) is 49.7 Å². The fraction of sp³-hybridized carbons (Fsp3) is 0.364. The third kappa shape index (κ3) is 6.64. The highest BCUT2D eigenvalue weighted by molar-refractivity contribution is 6.30. The number of hydrogen-bond acceptors (Lipinski definition) is 2. The van der Waals surface area contributed by atoms with E-state index in [9.17, 15) is 14.0 Å². The molecular weight excluding hydrogens is 379 g/mol. The molecule has 1 N–H and O–H groups in total. The van der Waals surface area contributed by atoms with Crippen molar-refractivity contribution < 1.29 is 14.0 Å². The predicted octanol–water partition coefficient (Wildman–Crippen LogP) is 4.21. The van der Waals surface area contributed by atoms with Crippen LogP contribution in [0.15, 0.2) is 48.5 Å². The van der Waals surface area contributed by atoms with Gasteiger partial charge < -0.3 is 10.2 Å². The second-order valence-electron chi connectivity index (χ2n) is 7.27. The first-order chi connectivity index (χ1) is 13.3. The van der Waals surface area contributed by atoms with Crippen LogP contribution in [0.3, 0.4) is 0 Å². The summed E-state index contributed by atoms with van der Waals surface area (Å²) in [5.74, 6) is -0.456. The van der Waals surface area contributed by atoms with E-state index in [1.165, 1.54) is 17.0 Å². The molecule has 0 fully saturated rings. The average molecular weight is 405 g/mol. The molecule has 1 atom stereocenters. The number of benzene rings is 2. The van der Waals surface area contributed by atoms with Gasteiger partial charge in [0.25, 0.3) is 0 Å². The Morgan fingerprint density at radius 3 is 2.36 bits per heavy atom. The molecule has 28 heavy (non-hydrogen) atoms. The van der Waals surface area contributed by atoms with Crippen molar-refractivity contribution in [3.05, 3.63) is 70.5 Å². The van der Waals surface area contributed by atoms with Crippen molar-refractivity contribution >= 4 is 23.4 Å². The Kier molecular flexibility index (Phi) is 8.00. The Morgan fingerprint density at radius 2 is 1.75 bits per heavy atom. The SMILES string of the molecule is CC(C)CNC(=O)C(C)N(Cc1cccc(Cl)c1)C(=O)Cc1ccc(F)cc1. The zero-order chi connectivity index (χ0) is 20.7. The van der Waals surface area contributed by atoms with Gasteiger partial charge in [-0.25, -0.2) is 4.39 Å². The maximum Gasteiger partial charge on any atom is 0.242 e. The second kappa shape index (κ2) is 10.2. The van der Waals surface area contributed by atoms with E-state index in [-0.39, 0.29) is 30.6 Å². The van der Waals surface area contributed by atoms with Gasteiger partial charge in [0.2, 0.25) is 11.8 Å². The number of nitrogens with one attached hydrogen (secondary N) is 1. The average Bonchev–Trinajstić information content (AvgIpc) is 2.65. The van der Waals surface area contributed by atoms with Crippen molar-refractivity contribution in [3.63, 3.8) is 0 Å². The highest BCUT2D eigenvalue weighted by atomic mass is 35.5. The number of hydrogen-bond donors (Lipinski definition) is 1. The van der Waals surface area contributed by atoms with Crippen LogP contribution >= 0.6 is 11.6 Å². The lowest BCUT2D eigenvalue weighted by atomic mass is 10.1. The van der Waals surface area contributed by atoms with Crippen LogP contribution in [0.2, 0.25) is 5.02 Å². The van der Waals surface area contributed by atoms with E-state index in [1.54, 1.807) is 31.2 Å². The number of halogens is 2. The Labute approximate surface area is 170 Å². The van der Waals surface area contributed by atoms with Crippen LogP contribution in [0.4, 0.5) is 4.39 Å². The summed E-state index contributed by atoms with van der Waals surface area (Å²) in [4.78, 5) is 27.1. The molecule has 0 radical (unpaired) electrons. The number of carbonyl (C=O) groups excluding carboxylic acids is 2. The second-order valence-corrected chi connectivity index (χ2v) is 7.71. The molecule has 0 aliphatic rings. The van der Waals surface area contributed by atoms with E-state index in [0.717, 1.165) is 5.56 Å². The minimum atomic E-state index is -0.648. The molecule has 4 nitrogen and oxygen atoms in total. The monoisotopic (exact) mass is 404 g/mol. The molecule has 2 aromatic carbocycles. The van der Waals surface area contributed by atoms with E-state index >= 15 is 0 Å². The number of nitrogens with zero attached hydrogens (tertiary/aromatic N) is 1. The Bertz CT molecular complexity index is 808. The maximum atomic E-state index is 13.1. The van der Waals surface area contributed by atoms with Crippen molar-refractivity contribution in [2.24, 2.45) is 5.92 Å². The summed E-state index contributed by atoms with van der Waals surface area (Å²) >= 11 is 6.06. The van der Waals surface area contributed by atoms with Gasteiger partial charge in [0.1, 0.15) is 11.9 Å². The maximum absolute atomic E-state index is 13.1. The number of rotatable bonds is 8. The van der Waals surface area contributed by atoms with Crippen molar-refractivity contribution in [1.82, 2.24) is 10.2 Å². The van der Waals surface area contributed by atoms with E-state index in [2.05, 4.69) is 5.32 Å². The third-order valence-corrected chi connectivity index (χ3v) is 4.60. The fourth-order valence-electron chi connectivity index (χ4n) is 2.75. The van der Waals surface area contributed by atoms with E-state index < -0.39 is 6.04 Å². The standard InChI is InChI=1S/C22H26ClFN2O2/c1-15(2)13-25-22(28)16(3)26(14-18-5-4-6-19(23)11-18)21(27)12-17-7-9-20(24)10-8-17/h4-11,15-16H,12-14H2,1-3H3,(H,25,28). The van der Waals surface area contributed by atoms with E-state index in [4.69, 9.17) is 11.6 Å². The first kappa shape index (κ1) is 21.9. The molecule has 0 aromatic heterocycles. The Morgan fingerprint density at radius 1 is 1.07 bits per heavy atom. The molecule has 0 saturated heterocycles. The van der Waals surface area contributed by atoms with Gasteiger partial charge in [-0.2, -0.15) is 0 Å². The van der Waals surface area contributed by atoms with Crippen LogP contribution in [0.5, 0.6) is 0 Å². The van der Waals surface area contributed by atoms with Gasteiger partial charge in [0, 0.05) is 18.1 Å². The van der Waals surface area contributed by atoms with E-state index in [1.807, 2.05) is 26.0 Å². The highest BCUT2D eigenvalue weighted by Crippen LogP contribution is 2.16. The quantitative estimate of drug-likeness (QED) is 0.716. The van der Waals surface area contributed by atoms with Crippen molar-refractivity contribution in [3.8, 4) is 0 Å². The summed E-state index contributed by atoms with van der Waals surface area (Å²) in [5, 5.41) is 3.45. The third-order valence-electron chi connectivity index (χ3n) is 4.36. The van der Waals surface area contributed by atoms with Crippen molar-refractivity contribution in [1.29, 1.82) is 0 Å². The summed E-state index contributed by atoms with van der Waals surface area (Å²) < 4.78 is 13.1. The molecule has 0 aliphatic heterocycles. The molecule has 0 bridgehead atoms. The molecule has 150 valence electrons. The van der Waals surface area contributed by atoms with Gasteiger partial charge in [0.05, 0.1) is 6.42 Å². The molecule has 0 aliphatic carbocycles. The molecule has 6 heteroatoms. The molecule has 2 aromatic rings. The first-order valence-electron chi connectivity index (χ1n) is 9.32. The van der Waals surface area contributed by atoms with Crippen molar-refractivity contribution in [2.75, 3.05) is 6.54 Å². The highest BCUT2D eigenvalue weighted by Gasteiger charge is 2.26. The van der Waals surface area contributed by atoms with Crippen LogP contribution in [0.25, 0.3) is 0 Å². The van der Waals surface area contributed by atoms with Gasteiger partial charge in [0.15, 0.2) is 0 Å². The molecular formula is C22H26ClFN2O2. The summed E-state index contributed by atoms with van der Waals surface area (Å²) in [5.41, 5.74) is 1.53. The van der Waals surface area contributed by atoms with Crippen LogP contribution < -0.4 is 5.32 Å². The first-order valence-corrected chi connectivity index (χ1v) is 9.70. The lowest BCUT2D eigenvalue weighted by molar-refractivity contribution is -0.140. The normalized spacial score (nSPS) is 11.9. The number of amides is 2. The summed E-state index contributed by atoms with van der Waals surface area (Å²) in [6, 6.07) is 12.4. The molecule has 0 saturated carbocycles. The summed E-state index contributed by atoms with van der Waals surface area (Å²) in [6.45, 7) is 6.53. The molecule has 0 spiro atoms. The zero-order valence-electron chi connectivity index (χ0n) is 16.4. The van der Waals surface area contributed by atoms with Crippen LogP contribution in [0, 0.1) is 11.7 Å². The topological polar surface area (TPSA) is 49.4 Å². The van der Waals surface area contributed by atoms with Crippen molar-refractivity contribution in [2.45, 2.75) is 39.8 Å². The molecule has 2 amide bonds. The minimum Gasteiger partial charge on any atom is -0.354 e. The van der Waals surface area contributed by atoms with E-state index in [0.29, 0.717) is 23.0 Å². The van der Waals surface area contributed by atoms with Crippen LogP contribution in [-0.2, 0) is 22.6 Å². The van der Waals surface area contributed by atoms with Crippen LogP contribution in [0.1, 0.15) is 31.9 Å². The van der Waals surface area contributed by atoms with Gasteiger partial charge in [-0.3, -0.25) is 9.59 Å². The smallest absolute Gasteiger partial charge is 0.242 e. The van der Waals surface area contributed by atoms with Gasteiger partial charge in [-0.15, -0.1) is 0 Å². The zero-order valence-corrected chi connectivity index (χ0v) is 17.2. The lowest BCUT2D eigenvalue weighted by Crippen LogP contribution is -2.48. The van der Waals surface area contributed by atoms with Crippen LogP contribution in [-0.4, -0.2) is 29.3 Å². The molecule has 1 unspecified atom stereocenters.